The molecule has 0 aliphatic carbocycles. The number of nitrogen functional groups attached to an aromatic ring is 1. The summed E-state index contributed by atoms with van der Waals surface area (Å²) in [6.07, 6.45) is 4.30. The van der Waals surface area contributed by atoms with Gasteiger partial charge in [-0.3, -0.25) is 0 Å². The van der Waals surface area contributed by atoms with Crippen molar-refractivity contribution in [1.82, 2.24) is 9.71 Å². The van der Waals surface area contributed by atoms with Crippen LogP contribution in [0.2, 0.25) is 0 Å². The van der Waals surface area contributed by atoms with Crippen molar-refractivity contribution in [2.24, 2.45) is 5.84 Å². The van der Waals surface area contributed by atoms with E-state index in [1.54, 1.807) is 0 Å². The van der Waals surface area contributed by atoms with E-state index in [0.717, 1.165) is 19.3 Å². The third-order valence-electron chi connectivity index (χ3n) is 2.26. The summed E-state index contributed by atoms with van der Waals surface area (Å²) in [7, 11) is -3.46. The highest BCUT2D eigenvalue weighted by atomic mass is 32.2. The Bertz CT molecular complexity index is 447. The molecular formula is C10H18N4O2S. The van der Waals surface area contributed by atoms with Gasteiger partial charge in [0.1, 0.15) is 5.82 Å². The third-order valence-corrected chi connectivity index (χ3v) is 3.72. The maximum atomic E-state index is 11.9. The normalized spacial score (nSPS) is 11.4. The summed E-state index contributed by atoms with van der Waals surface area (Å²) in [5, 5.41) is 0. The number of sulfonamides is 1. The zero-order valence-corrected chi connectivity index (χ0v) is 10.6. The summed E-state index contributed by atoms with van der Waals surface area (Å²) in [5.41, 5.74) is 2.31. The molecule has 0 aliphatic rings. The van der Waals surface area contributed by atoms with E-state index in [9.17, 15) is 8.42 Å². The van der Waals surface area contributed by atoms with Crippen molar-refractivity contribution in [2.75, 3.05) is 12.0 Å². The number of unbranched alkanes of at least 4 members (excludes halogenated alkanes) is 2. The van der Waals surface area contributed by atoms with Gasteiger partial charge < -0.3 is 5.43 Å². The molecule has 0 aliphatic heterocycles. The molecule has 0 spiro atoms. The zero-order chi connectivity index (χ0) is 12.7. The largest absolute Gasteiger partial charge is 0.308 e. The summed E-state index contributed by atoms with van der Waals surface area (Å²) in [6, 6.07) is 2.82. The van der Waals surface area contributed by atoms with E-state index in [4.69, 9.17) is 5.84 Å². The minimum Gasteiger partial charge on any atom is -0.308 e. The van der Waals surface area contributed by atoms with Gasteiger partial charge in [0.25, 0.3) is 0 Å². The van der Waals surface area contributed by atoms with E-state index in [2.05, 4.69) is 22.1 Å². The Morgan fingerprint density at radius 3 is 2.82 bits per heavy atom. The topological polar surface area (TPSA) is 97.1 Å². The number of hydrogen-bond acceptors (Lipinski definition) is 5. The number of nitrogens with zero attached hydrogens (tertiary/aromatic N) is 1. The van der Waals surface area contributed by atoms with E-state index >= 15 is 0 Å². The third kappa shape index (κ3) is 4.29. The molecule has 1 aromatic heterocycles. The lowest BCUT2D eigenvalue weighted by molar-refractivity contribution is 0.576. The summed E-state index contributed by atoms with van der Waals surface area (Å²) >= 11 is 0. The smallest absolute Gasteiger partial charge is 0.240 e. The Morgan fingerprint density at radius 1 is 1.41 bits per heavy atom. The molecule has 1 aromatic rings. The van der Waals surface area contributed by atoms with Gasteiger partial charge >= 0.3 is 0 Å². The van der Waals surface area contributed by atoms with Crippen LogP contribution in [0.3, 0.4) is 0 Å². The van der Waals surface area contributed by atoms with Gasteiger partial charge in [-0.05, 0) is 12.5 Å². The van der Waals surface area contributed by atoms with Crippen LogP contribution in [-0.4, -0.2) is 19.9 Å². The van der Waals surface area contributed by atoms with Crippen LogP contribution in [0.5, 0.6) is 0 Å². The highest BCUT2D eigenvalue weighted by Crippen LogP contribution is 2.11. The van der Waals surface area contributed by atoms with Crippen molar-refractivity contribution in [2.45, 2.75) is 31.1 Å². The Hall–Kier alpha value is -1.18. The minimum atomic E-state index is -3.46. The van der Waals surface area contributed by atoms with Crippen molar-refractivity contribution in [3.05, 3.63) is 18.3 Å². The SMILES string of the molecule is CCCCCNS(=O)(=O)c1ccnc(NN)c1. The molecule has 0 amide bonds. The van der Waals surface area contributed by atoms with Gasteiger partial charge in [-0.1, -0.05) is 19.8 Å². The van der Waals surface area contributed by atoms with Crippen LogP contribution in [0.1, 0.15) is 26.2 Å². The van der Waals surface area contributed by atoms with Crippen LogP contribution < -0.4 is 16.0 Å². The Kier molecular flexibility index (Phi) is 5.33. The predicted molar refractivity (Wildman–Crippen MR) is 66.8 cm³/mol. The molecule has 1 heterocycles. The number of nitrogens with two attached hydrogens (primary N) is 1. The van der Waals surface area contributed by atoms with E-state index < -0.39 is 10.0 Å². The molecular weight excluding hydrogens is 240 g/mol. The molecule has 0 saturated carbocycles. The highest BCUT2D eigenvalue weighted by Gasteiger charge is 2.13. The molecule has 1 rings (SSSR count). The number of aromatic nitrogens is 1. The molecule has 0 aromatic carbocycles. The first kappa shape index (κ1) is 13.9. The molecule has 0 unspecified atom stereocenters. The number of pyridine rings is 1. The average Bonchev–Trinajstić information content (AvgIpc) is 2.35. The standard InChI is InChI=1S/C10H18N4O2S/c1-2-3-4-6-13-17(15,16)9-5-7-12-10(8-9)14-11/h5,7-8,13H,2-4,6,11H2,1H3,(H,12,14). The summed E-state index contributed by atoms with van der Waals surface area (Å²) < 4.78 is 26.2. The molecule has 0 radical (unpaired) electrons. The van der Waals surface area contributed by atoms with Gasteiger partial charge in [0.05, 0.1) is 4.90 Å². The van der Waals surface area contributed by atoms with Crippen LogP contribution >= 0.6 is 0 Å². The van der Waals surface area contributed by atoms with Crippen molar-refractivity contribution in [1.29, 1.82) is 0 Å². The van der Waals surface area contributed by atoms with Crippen LogP contribution in [-0.2, 0) is 10.0 Å². The van der Waals surface area contributed by atoms with Gasteiger partial charge in [0, 0.05) is 18.8 Å². The molecule has 17 heavy (non-hydrogen) atoms. The quantitative estimate of drug-likeness (QED) is 0.382. The monoisotopic (exact) mass is 258 g/mol. The van der Waals surface area contributed by atoms with Gasteiger partial charge in [0.2, 0.25) is 10.0 Å². The number of hydrogen-bond donors (Lipinski definition) is 3. The number of nitrogens with one attached hydrogen (secondary N) is 2. The van der Waals surface area contributed by atoms with Crippen LogP contribution in [0, 0.1) is 0 Å². The molecule has 7 heteroatoms. The average molecular weight is 258 g/mol. The molecule has 0 fully saturated rings. The fourth-order valence-electron chi connectivity index (χ4n) is 1.32. The first-order valence-electron chi connectivity index (χ1n) is 5.52. The summed E-state index contributed by atoms with van der Waals surface area (Å²) in [6.45, 7) is 2.51. The Balaban J connectivity index is 2.68. The van der Waals surface area contributed by atoms with Crippen LogP contribution in [0.25, 0.3) is 0 Å². The summed E-state index contributed by atoms with van der Waals surface area (Å²) in [4.78, 5) is 4.02. The van der Waals surface area contributed by atoms with E-state index in [1.807, 2.05) is 0 Å². The lowest BCUT2D eigenvalue weighted by atomic mass is 10.3. The van der Waals surface area contributed by atoms with Gasteiger partial charge in [-0.15, -0.1) is 0 Å². The molecule has 0 saturated heterocycles. The fraction of sp³-hybridized carbons (Fsp3) is 0.500. The van der Waals surface area contributed by atoms with Crippen molar-refractivity contribution < 1.29 is 8.42 Å². The van der Waals surface area contributed by atoms with Gasteiger partial charge in [-0.25, -0.2) is 24.0 Å². The molecule has 96 valence electrons. The van der Waals surface area contributed by atoms with Crippen molar-refractivity contribution in [3.63, 3.8) is 0 Å². The van der Waals surface area contributed by atoms with Gasteiger partial charge in [0.15, 0.2) is 0 Å². The maximum Gasteiger partial charge on any atom is 0.240 e. The van der Waals surface area contributed by atoms with Crippen molar-refractivity contribution in [3.8, 4) is 0 Å². The zero-order valence-electron chi connectivity index (χ0n) is 9.81. The van der Waals surface area contributed by atoms with E-state index in [-0.39, 0.29) is 4.90 Å². The molecule has 6 nitrogen and oxygen atoms in total. The molecule has 0 bridgehead atoms. The lowest BCUT2D eigenvalue weighted by Crippen LogP contribution is -2.25. The van der Waals surface area contributed by atoms with Gasteiger partial charge in [-0.2, -0.15) is 0 Å². The summed E-state index contributed by atoms with van der Waals surface area (Å²) in [5.74, 6) is 5.49. The maximum absolute atomic E-state index is 11.9. The van der Waals surface area contributed by atoms with Crippen LogP contribution in [0.15, 0.2) is 23.2 Å². The number of hydrazine groups is 1. The second-order valence-electron chi connectivity index (χ2n) is 3.63. The molecule has 4 N–H and O–H groups in total. The highest BCUT2D eigenvalue weighted by molar-refractivity contribution is 7.89. The molecule has 0 atom stereocenters. The lowest BCUT2D eigenvalue weighted by Gasteiger charge is -2.07. The second-order valence-corrected chi connectivity index (χ2v) is 5.39. The van der Waals surface area contributed by atoms with Crippen LogP contribution in [0.4, 0.5) is 5.82 Å². The van der Waals surface area contributed by atoms with Crippen molar-refractivity contribution >= 4 is 15.8 Å². The predicted octanol–water partition coefficient (Wildman–Crippen LogP) is 0.836. The first-order valence-corrected chi connectivity index (χ1v) is 7.01. The van der Waals surface area contributed by atoms with E-state index in [0.29, 0.717) is 12.4 Å². The Morgan fingerprint density at radius 2 is 2.18 bits per heavy atom. The first-order chi connectivity index (χ1) is 8.10. The fourth-order valence-corrected chi connectivity index (χ4v) is 2.41. The van der Waals surface area contributed by atoms with E-state index in [1.165, 1.54) is 18.3 Å². The minimum absolute atomic E-state index is 0.164. The number of rotatable bonds is 7. The second kappa shape index (κ2) is 6.53. The number of anilines is 1. The Labute approximate surface area is 102 Å².